The van der Waals surface area contributed by atoms with E-state index in [-0.39, 0.29) is 12.3 Å². The molecule has 0 atom stereocenters. The summed E-state index contributed by atoms with van der Waals surface area (Å²) in [5.74, 6) is 0.607. The molecule has 5 nitrogen and oxygen atoms in total. The number of hydrogen-bond donors (Lipinski definition) is 0. The molecule has 27 heavy (non-hydrogen) atoms. The van der Waals surface area contributed by atoms with Gasteiger partial charge in [0.25, 0.3) is 0 Å². The molecule has 0 aliphatic heterocycles. The molecular weight excluding hydrogens is 360 g/mol. The normalized spacial score (nSPS) is 11.2. The van der Waals surface area contributed by atoms with Crippen molar-refractivity contribution in [3.05, 3.63) is 89.7 Å². The number of ether oxygens (including phenoxy) is 1. The third-order valence-electron chi connectivity index (χ3n) is 4.21. The Morgan fingerprint density at radius 3 is 2.26 bits per heavy atom. The molecule has 140 valence electrons. The van der Waals surface area contributed by atoms with Crippen LogP contribution in [0.15, 0.2) is 73.1 Å². The van der Waals surface area contributed by atoms with E-state index < -0.39 is 10.0 Å². The molecule has 0 saturated heterocycles. The first-order valence-corrected chi connectivity index (χ1v) is 10.2. The van der Waals surface area contributed by atoms with Gasteiger partial charge in [-0.25, -0.2) is 8.42 Å². The molecule has 0 amide bonds. The molecule has 0 spiro atoms. The highest BCUT2D eigenvalue weighted by Crippen LogP contribution is 2.25. The van der Waals surface area contributed by atoms with Crippen LogP contribution in [0.3, 0.4) is 0 Å². The van der Waals surface area contributed by atoms with Gasteiger partial charge < -0.3 is 4.74 Å². The molecule has 2 aromatic carbocycles. The summed E-state index contributed by atoms with van der Waals surface area (Å²) in [5, 5.41) is 0. The van der Waals surface area contributed by atoms with E-state index in [0.29, 0.717) is 11.4 Å². The summed E-state index contributed by atoms with van der Waals surface area (Å²) in [7, 11) is -2.01. The third-order valence-corrected chi connectivity index (χ3v) is 5.92. The van der Waals surface area contributed by atoms with Crippen molar-refractivity contribution in [3.63, 3.8) is 0 Å². The summed E-state index contributed by atoms with van der Waals surface area (Å²) in [5.41, 5.74) is 3.26. The van der Waals surface area contributed by atoms with E-state index in [0.717, 1.165) is 16.7 Å². The van der Waals surface area contributed by atoms with E-state index in [1.807, 2.05) is 37.3 Å². The lowest BCUT2D eigenvalue weighted by molar-refractivity contribution is 0.415. The summed E-state index contributed by atoms with van der Waals surface area (Å²) in [6, 6.07) is 18.2. The molecule has 0 aliphatic rings. The minimum Gasteiger partial charge on any atom is -0.497 e. The Labute approximate surface area is 160 Å². The molecule has 0 radical (unpaired) electrons. The third kappa shape index (κ3) is 4.86. The molecule has 0 bridgehead atoms. The van der Waals surface area contributed by atoms with E-state index in [9.17, 15) is 8.42 Å². The van der Waals surface area contributed by atoms with Crippen LogP contribution >= 0.6 is 0 Å². The predicted molar refractivity (Wildman–Crippen MR) is 107 cm³/mol. The van der Waals surface area contributed by atoms with Crippen LogP contribution in [0, 0.1) is 6.92 Å². The Hall–Kier alpha value is -2.86. The summed E-state index contributed by atoms with van der Waals surface area (Å²) in [6.07, 6.45) is 3.35. The van der Waals surface area contributed by atoms with Crippen molar-refractivity contribution in [3.8, 4) is 5.75 Å². The number of nitrogens with zero attached hydrogens (tertiary/aromatic N) is 2. The van der Waals surface area contributed by atoms with Crippen molar-refractivity contribution in [2.75, 3.05) is 11.4 Å². The first-order chi connectivity index (χ1) is 13.0. The second kappa shape index (κ2) is 8.22. The fraction of sp³-hybridized carbons (Fsp3) is 0.190. The van der Waals surface area contributed by atoms with E-state index in [1.54, 1.807) is 49.8 Å². The minimum atomic E-state index is -3.59. The van der Waals surface area contributed by atoms with Crippen LogP contribution in [-0.2, 0) is 22.3 Å². The Morgan fingerprint density at radius 2 is 1.67 bits per heavy atom. The second-order valence-corrected chi connectivity index (χ2v) is 8.20. The Bertz CT molecular complexity index is 970. The Kier molecular flexibility index (Phi) is 5.76. The molecular formula is C21H22N2O3S. The quantitative estimate of drug-likeness (QED) is 0.621. The molecule has 1 heterocycles. The van der Waals surface area contributed by atoms with Gasteiger partial charge in [-0.2, -0.15) is 0 Å². The van der Waals surface area contributed by atoms with Crippen molar-refractivity contribution in [1.29, 1.82) is 0 Å². The van der Waals surface area contributed by atoms with Gasteiger partial charge in [0.15, 0.2) is 0 Å². The maximum absolute atomic E-state index is 13.2. The van der Waals surface area contributed by atoms with Crippen LogP contribution in [0.25, 0.3) is 0 Å². The highest BCUT2D eigenvalue weighted by Gasteiger charge is 2.23. The monoisotopic (exact) mass is 382 g/mol. The molecule has 3 rings (SSSR count). The maximum atomic E-state index is 13.2. The summed E-state index contributed by atoms with van der Waals surface area (Å²) < 4.78 is 33.0. The number of pyridine rings is 1. The van der Waals surface area contributed by atoms with E-state index in [1.165, 1.54) is 4.31 Å². The lowest BCUT2D eigenvalue weighted by Crippen LogP contribution is -2.31. The summed E-state index contributed by atoms with van der Waals surface area (Å²) in [6.45, 7) is 2.19. The van der Waals surface area contributed by atoms with E-state index in [4.69, 9.17) is 4.74 Å². The lowest BCUT2D eigenvalue weighted by Gasteiger charge is -2.25. The van der Waals surface area contributed by atoms with Gasteiger partial charge in [0.2, 0.25) is 10.0 Å². The van der Waals surface area contributed by atoms with Crippen LogP contribution in [0.1, 0.15) is 16.7 Å². The van der Waals surface area contributed by atoms with Gasteiger partial charge in [-0.3, -0.25) is 9.29 Å². The number of hydrogen-bond acceptors (Lipinski definition) is 4. The highest BCUT2D eigenvalue weighted by atomic mass is 32.2. The minimum absolute atomic E-state index is 0.0699. The van der Waals surface area contributed by atoms with Gasteiger partial charge in [0.1, 0.15) is 5.75 Å². The standard InChI is InChI=1S/C21H22N2O3S/c1-17-5-7-18(8-6-17)16-27(24,25)23(15-19-4-3-13-22-14-19)20-9-11-21(26-2)12-10-20/h3-14H,15-16H2,1-2H3. The Balaban J connectivity index is 1.95. The smallest absolute Gasteiger partial charge is 0.239 e. The number of anilines is 1. The van der Waals surface area contributed by atoms with E-state index in [2.05, 4.69) is 4.98 Å². The predicted octanol–water partition coefficient (Wildman–Crippen LogP) is 3.94. The lowest BCUT2D eigenvalue weighted by atomic mass is 10.2. The highest BCUT2D eigenvalue weighted by molar-refractivity contribution is 7.92. The van der Waals surface area contributed by atoms with Crippen molar-refractivity contribution < 1.29 is 13.2 Å². The van der Waals surface area contributed by atoms with Gasteiger partial charge in [0, 0.05) is 12.4 Å². The van der Waals surface area contributed by atoms with Crippen LogP contribution < -0.4 is 9.04 Å². The zero-order valence-corrected chi connectivity index (χ0v) is 16.2. The molecule has 1 aromatic heterocycles. The maximum Gasteiger partial charge on any atom is 0.239 e. The molecule has 6 heteroatoms. The zero-order valence-electron chi connectivity index (χ0n) is 15.4. The number of aromatic nitrogens is 1. The van der Waals surface area contributed by atoms with Crippen LogP contribution in [-0.4, -0.2) is 20.5 Å². The molecule has 3 aromatic rings. The van der Waals surface area contributed by atoms with Crippen LogP contribution in [0.5, 0.6) is 5.75 Å². The molecule has 0 saturated carbocycles. The van der Waals surface area contributed by atoms with Crippen molar-refractivity contribution >= 4 is 15.7 Å². The topological polar surface area (TPSA) is 59.5 Å². The fourth-order valence-corrected chi connectivity index (χ4v) is 4.29. The van der Waals surface area contributed by atoms with Gasteiger partial charge in [-0.15, -0.1) is 0 Å². The number of rotatable bonds is 7. The zero-order chi connectivity index (χ0) is 19.3. The van der Waals surface area contributed by atoms with E-state index >= 15 is 0 Å². The number of methoxy groups -OCH3 is 1. The SMILES string of the molecule is COc1ccc(N(Cc2cccnc2)S(=O)(=O)Cc2ccc(C)cc2)cc1. The molecule has 0 N–H and O–H groups in total. The van der Waals surface area contributed by atoms with Crippen molar-refractivity contribution in [2.24, 2.45) is 0 Å². The number of aryl methyl sites for hydroxylation is 1. The summed E-state index contributed by atoms with van der Waals surface area (Å²) >= 11 is 0. The number of sulfonamides is 1. The van der Waals surface area contributed by atoms with Gasteiger partial charge in [-0.1, -0.05) is 35.9 Å². The second-order valence-electron chi connectivity index (χ2n) is 6.31. The van der Waals surface area contributed by atoms with Crippen LogP contribution in [0.2, 0.25) is 0 Å². The van der Waals surface area contributed by atoms with Gasteiger partial charge in [-0.05, 0) is 48.4 Å². The number of benzene rings is 2. The molecule has 0 unspecified atom stereocenters. The first kappa shape index (κ1) is 18.9. The largest absolute Gasteiger partial charge is 0.497 e. The fourth-order valence-electron chi connectivity index (χ4n) is 2.73. The summed E-state index contributed by atoms with van der Waals surface area (Å²) in [4.78, 5) is 4.09. The van der Waals surface area contributed by atoms with Gasteiger partial charge in [0.05, 0.1) is 25.1 Å². The molecule has 0 aliphatic carbocycles. The Morgan fingerprint density at radius 1 is 0.963 bits per heavy atom. The van der Waals surface area contributed by atoms with Gasteiger partial charge >= 0.3 is 0 Å². The average molecular weight is 382 g/mol. The van der Waals surface area contributed by atoms with Crippen molar-refractivity contribution in [1.82, 2.24) is 4.98 Å². The molecule has 0 fully saturated rings. The van der Waals surface area contributed by atoms with Crippen molar-refractivity contribution in [2.45, 2.75) is 19.2 Å². The van der Waals surface area contributed by atoms with Crippen LogP contribution in [0.4, 0.5) is 5.69 Å². The average Bonchev–Trinajstić information content (AvgIpc) is 2.68. The first-order valence-electron chi connectivity index (χ1n) is 8.57.